The molecule has 1 atom stereocenters. The Balaban J connectivity index is 2.76. The van der Waals surface area contributed by atoms with E-state index in [1.54, 1.807) is 31.2 Å². The molecule has 6 heteroatoms. The van der Waals surface area contributed by atoms with Crippen LogP contribution in [0.4, 0.5) is 0 Å². The van der Waals surface area contributed by atoms with Crippen LogP contribution in [0.1, 0.15) is 25.3 Å². The fourth-order valence-electron chi connectivity index (χ4n) is 1.49. The first-order valence-electron chi connectivity index (χ1n) is 5.93. The van der Waals surface area contributed by atoms with Gasteiger partial charge in [0.2, 0.25) is 10.0 Å². The second-order valence-electron chi connectivity index (χ2n) is 4.06. The number of carboxylic acid groups (broad SMARTS) is 1. The summed E-state index contributed by atoms with van der Waals surface area (Å²) in [6.07, 6.45) is 2.27. The first-order chi connectivity index (χ1) is 8.94. The van der Waals surface area contributed by atoms with Gasteiger partial charge in [-0.3, -0.25) is 4.79 Å². The molecule has 1 aromatic carbocycles. The van der Waals surface area contributed by atoms with Gasteiger partial charge in [-0.15, -0.1) is 0 Å². The van der Waals surface area contributed by atoms with E-state index < -0.39 is 22.0 Å². The fourth-order valence-corrected chi connectivity index (χ4v) is 2.52. The van der Waals surface area contributed by atoms with Crippen molar-refractivity contribution in [3.8, 4) is 0 Å². The molecule has 5 nitrogen and oxygen atoms in total. The molecule has 0 aromatic heterocycles. The molecule has 104 valence electrons. The number of hydrogen-bond acceptors (Lipinski definition) is 3. The van der Waals surface area contributed by atoms with Gasteiger partial charge in [0.1, 0.15) is 6.04 Å². The largest absolute Gasteiger partial charge is 0.480 e. The van der Waals surface area contributed by atoms with E-state index in [1.165, 1.54) is 6.08 Å². The summed E-state index contributed by atoms with van der Waals surface area (Å²) in [5.74, 6) is -1.17. The van der Waals surface area contributed by atoms with Gasteiger partial charge in [0.05, 0.1) is 0 Å². The van der Waals surface area contributed by atoms with Gasteiger partial charge in [-0.05, 0) is 18.1 Å². The number of hydrogen-bond donors (Lipinski definition) is 2. The van der Waals surface area contributed by atoms with Gasteiger partial charge < -0.3 is 5.11 Å². The van der Waals surface area contributed by atoms with Crippen LogP contribution >= 0.6 is 0 Å². The average Bonchev–Trinajstić information content (AvgIpc) is 2.37. The van der Waals surface area contributed by atoms with E-state index >= 15 is 0 Å². The monoisotopic (exact) mass is 283 g/mol. The topological polar surface area (TPSA) is 83.5 Å². The summed E-state index contributed by atoms with van der Waals surface area (Å²) in [5, 5.41) is 9.88. The molecule has 0 aliphatic carbocycles. The van der Waals surface area contributed by atoms with Crippen LogP contribution in [0.25, 0.3) is 6.08 Å². The lowest BCUT2D eigenvalue weighted by Gasteiger charge is -2.11. The van der Waals surface area contributed by atoms with Crippen molar-refractivity contribution in [1.29, 1.82) is 0 Å². The summed E-state index contributed by atoms with van der Waals surface area (Å²) in [6.45, 7) is 1.80. The Labute approximate surface area is 113 Å². The molecule has 0 spiro atoms. The van der Waals surface area contributed by atoms with Crippen molar-refractivity contribution in [3.05, 3.63) is 41.3 Å². The Hall–Kier alpha value is -1.66. The second-order valence-corrected chi connectivity index (χ2v) is 5.65. The van der Waals surface area contributed by atoms with E-state index in [2.05, 4.69) is 4.72 Å². The summed E-state index contributed by atoms with van der Waals surface area (Å²) in [6, 6.07) is 7.83. The molecular weight excluding hydrogens is 266 g/mol. The average molecular weight is 283 g/mol. The van der Waals surface area contributed by atoms with Gasteiger partial charge in [0.25, 0.3) is 0 Å². The zero-order chi connectivity index (χ0) is 14.3. The number of aliphatic carboxylic acids is 1. The van der Waals surface area contributed by atoms with E-state index in [9.17, 15) is 13.2 Å². The molecule has 0 amide bonds. The van der Waals surface area contributed by atoms with E-state index in [4.69, 9.17) is 5.11 Å². The maximum atomic E-state index is 11.7. The smallest absolute Gasteiger partial charge is 0.321 e. The minimum Gasteiger partial charge on any atom is -0.480 e. The molecule has 0 aliphatic rings. The van der Waals surface area contributed by atoms with Crippen LogP contribution in [0.15, 0.2) is 35.7 Å². The molecule has 0 unspecified atom stereocenters. The second kappa shape index (κ2) is 7.06. The van der Waals surface area contributed by atoms with Crippen LogP contribution in [0, 0.1) is 0 Å². The quantitative estimate of drug-likeness (QED) is 0.799. The number of carbonyl (C=O) groups is 1. The molecule has 1 aromatic rings. The van der Waals surface area contributed by atoms with Crippen LogP contribution in [-0.2, 0) is 14.8 Å². The van der Waals surface area contributed by atoms with Crippen molar-refractivity contribution in [2.75, 3.05) is 0 Å². The molecule has 0 bridgehead atoms. The molecule has 0 saturated carbocycles. The van der Waals surface area contributed by atoms with Gasteiger partial charge >= 0.3 is 5.97 Å². The molecule has 0 radical (unpaired) electrons. The van der Waals surface area contributed by atoms with Crippen molar-refractivity contribution < 1.29 is 18.3 Å². The third-order valence-electron chi connectivity index (χ3n) is 2.42. The Bertz CT molecular complexity index is 537. The highest BCUT2D eigenvalue weighted by molar-refractivity contribution is 7.92. The highest BCUT2D eigenvalue weighted by Gasteiger charge is 2.21. The lowest BCUT2D eigenvalue weighted by molar-refractivity contribution is -0.139. The van der Waals surface area contributed by atoms with E-state index in [0.29, 0.717) is 6.42 Å². The lowest BCUT2D eigenvalue weighted by Crippen LogP contribution is -2.39. The highest BCUT2D eigenvalue weighted by Crippen LogP contribution is 2.05. The number of nitrogens with one attached hydrogen (secondary N) is 1. The van der Waals surface area contributed by atoms with Crippen molar-refractivity contribution in [2.24, 2.45) is 0 Å². The van der Waals surface area contributed by atoms with Gasteiger partial charge in [-0.1, -0.05) is 43.7 Å². The summed E-state index contributed by atoms with van der Waals surface area (Å²) in [4.78, 5) is 10.9. The zero-order valence-corrected chi connectivity index (χ0v) is 11.4. The normalized spacial score (nSPS) is 13.5. The maximum absolute atomic E-state index is 11.7. The van der Waals surface area contributed by atoms with Gasteiger partial charge in [-0.2, -0.15) is 4.72 Å². The number of benzene rings is 1. The van der Waals surface area contributed by atoms with Crippen LogP contribution in [0.5, 0.6) is 0 Å². The van der Waals surface area contributed by atoms with Gasteiger partial charge in [0.15, 0.2) is 0 Å². The maximum Gasteiger partial charge on any atom is 0.321 e. The predicted octanol–water partition coefficient (Wildman–Crippen LogP) is 1.83. The predicted molar refractivity (Wildman–Crippen MR) is 73.9 cm³/mol. The van der Waals surface area contributed by atoms with Crippen LogP contribution in [-0.4, -0.2) is 25.5 Å². The third-order valence-corrected chi connectivity index (χ3v) is 3.53. The molecule has 0 aliphatic heterocycles. The van der Waals surface area contributed by atoms with Gasteiger partial charge in [0, 0.05) is 5.41 Å². The highest BCUT2D eigenvalue weighted by atomic mass is 32.2. The van der Waals surface area contributed by atoms with Crippen molar-refractivity contribution >= 4 is 22.1 Å². The minimum atomic E-state index is -3.76. The van der Waals surface area contributed by atoms with Crippen LogP contribution < -0.4 is 4.72 Å². The summed E-state index contributed by atoms with van der Waals surface area (Å²) < 4.78 is 25.6. The number of sulfonamides is 1. The number of rotatable bonds is 7. The third kappa shape index (κ3) is 5.67. The SMILES string of the molecule is CCC[C@@H](NS(=O)(=O)/C=C/c1ccccc1)C(=O)O. The van der Waals surface area contributed by atoms with Gasteiger partial charge in [-0.25, -0.2) is 8.42 Å². The summed E-state index contributed by atoms with van der Waals surface area (Å²) in [7, 11) is -3.76. The first-order valence-corrected chi connectivity index (χ1v) is 7.47. The molecule has 0 fully saturated rings. The Morgan fingerprint density at radius 1 is 1.37 bits per heavy atom. The Morgan fingerprint density at radius 3 is 2.53 bits per heavy atom. The lowest BCUT2D eigenvalue weighted by atomic mass is 10.2. The van der Waals surface area contributed by atoms with Crippen LogP contribution in [0.3, 0.4) is 0 Å². The zero-order valence-electron chi connectivity index (χ0n) is 10.6. The molecule has 19 heavy (non-hydrogen) atoms. The summed E-state index contributed by atoms with van der Waals surface area (Å²) >= 11 is 0. The van der Waals surface area contributed by atoms with Crippen LogP contribution in [0.2, 0.25) is 0 Å². The molecule has 0 heterocycles. The summed E-state index contributed by atoms with van der Waals surface area (Å²) in [5.41, 5.74) is 0.732. The Kier molecular flexibility index (Phi) is 5.72. The van der Waals surface area contributed by atoms with E-state index in [0.717, 1.165) is 11.0 Å². The fraction of sp³-hybridized carbons (Fsp3) is 0.308. The Morgan fingerprint density at radius 2 is 2.00 bits per heavy atom. The first kappa shape index (κ1) is 15.4. The molecule has 2 N–H and O–H groups in total. The molecule has 0 saturated heterocycles. The molecular formula is C13H17NO4S. The minimum absolute atomic E-state index is 0.258. The standard InChI is InChI=1S/C13H17NO4S/c1-2-6-12(13(15)16)14-19(17,18)10-9-11-7-4-3-5-8-11/h3-5,7-10,12,14H,2,6H2,1H3,(H,15,16)/b10-9+/t12-/m1/s1. The van der Waals surface area contributed by atoms with E-state index in [1.807, 2.05) is 6.07 Å². The van der Waals surface area contributed by atoms with Crippen molar-refractivity contribution in [1.82, 2.24) is 4.72 Å². The van der Waals surface area contributed by atoms with E-state index in [-0.39, 0.29) is 6.42 Å². The van der Waals surface area contributed by atoms with Crippen molar-refractivity contribution in [3.63, 3.8) is 0 Å². The number of carboxylic acids is 1. The molecule has 1 rings (SSSR count). The van der Waals surface area contributed by atoms with Crippen molar-refractivity contribution in [2.45, 2.75) is 25.8 Å².